The molecule has 4 nitrogen and oxygen atoms in total. The van der Waals surface area contributed by atoms with Gasteiger partial charge in [-0.15, -0.1) is 0 Å². The molecule has 0 unspecified atom stereocenters. The van der Waals surface area contributed by atoms with Crippen molar-refractivity contribution in [1.29, 1.82) is 0 Å². The first-order valence-electron chi connectivity index (χ1n) is 6.19. The van der Waals surface area contributed by atoms with Gasteiger partial charge in [0.25, 0.3) is 11.8 Å². The number of hydrogen-bond acceptors (Lipinski definition) is 4. The smallest absolute Gasteiger partial charge is 0.264 e. The minimum atomic E-state index is -0.262. The molecule has 2 aromatic carbocycles. The van der Waals surface area contributed by atoms with Crippen LogP contribution < -0.4 is 5.32 Å². The number of rotatable bonds is 4. The Morgan fingerprint density at radius 2 is 1.90 bits per heavy atom. The van der Waals surface area contributed by atoms with Crippen molar-refractivity contribution in [3.63, 3.8) is 0 Å². The van der Waals surface area contributed by atoms with Crippen molar-refractivity contribution in [3.8, 4) is 11.5 Å². The molecule has 3 aromatic rings. The lowest BCUT2D eigenvalue weighted by Gasteiger charge is -2.01. The number of nitrogens with zero attached hydrogens (tertiary/aromatic N) is 2. The van der Waals surface area contributed by atoms with Crippen LogP contribution in [-0.2, 0) is 6.54 Å². The lowest BCUT2D eigenvalue weighted by molar-refractivity contribution is 0.432. The van der Waals surface area contributed by atoms with Gasteiger partial charge in [-0.25, -0.2) is 4.39 Å². The zero-order valence-electron chi connectivity index (χ0n) is 10.6. The predicted octanol–water partition coefficient (Wildman–Crippen LogP) is 3.49. The lowest BCUT2D eigenvalue weighted by atomic mass is 10.2. The van der Waals surface area contributed by atoms with Crippen LogP contribution in [0.25, 0.3) is 11.5 Å². The summed E-state index contributed by atoms with van der Waals surface area (Å²) in [5.74, 6) is 0.572. The van der Waals surface area contributed by atoms with Crippen LogP contribution in [0, 0.1) is 5.82 Å². The Kier molecular flexibility index (Phi) is 3.41. The summed E-state index contributed by atoms with van der Waals surface area (Å²) in [5.41, 5.74) is 1.68. The molecule has 0 fully saturated rings. The van der Waals surface area contributed by atoms with Gasteiger partial charge < -0.3 is 9.84 Å². The standard InChI is InChI=1S/C15H12FN3O/c16-13-8-4-5-11(9-13)10-17-15-18-14(20-19-15)12-6-2-1-3-7-12/h1-9H,10H2,(H,17,19). The van der Waals surface area contributed by atoms with Crippen LogP contribution in [-0.4, -0.2) is 10.1 Å². The first kappa shape index (κ1) is 12.3. The van der Waals surface area contributed by atoms with E-state index < -0.39 is 0 Å². The average molecular weight is 269 g/mol. The van der Waals surface area contributed by atoms with E-state index >= 15 is 0 Å². The van der Waals surface area contributed by atoms with Crippen LogP contribution in [0.1, 0.15) is 5.56 Å². The Morgan fingerprint density at radius 3 is 2.70 bits per heavy atom. The van der Waals surface area contributed by atoms with Crippen molar-refractivity contribution >= 4 is 5.95 Å². The summed E-state index contributed by atoms with van der Waals surface area (Å²) in [6, 6.07) is 15.9. The topological polar surface area (TPSA) is 51.0 Å². The van der Waals surface area contributed by atoms with Crippen molar-refractivity contribution in [2.24, 2.45) is 0 Å². The zero-order chi connectivity index (χ0) is 13.8. The fourth-order valence-corrected chi connectivity index (χ4v) is 1.82. The van der Waals surface area contributed by atoms with Crippen molar-refractivity contribution in [3.05, 3.63) is 66.0 Å². The molecule has 3 rings (SSSR count). The second-order valence-electron chi connectivity index (χ2n) is 4.27. The third-order valence-electron chi connectivity index (χ3n) is 2.79. The number of benzene rings is 2. The number of hydrogen-bond donors (Lipinski definition) is 1. The summed E-state index contributed by atoms with van der Waals surface area (Å²) in [7, 11) is 0. The molecule has 0 amide bonds. The first-order chi connectivity index (χ1) is 9.81. The highest BCUT2D eigenvalue weighted by Gasteiger charge is 2.07. The van der Waals surface area contributed by atoms with Gasteiger partial charge in [0.2, 0.25) is 0 Å². The van der Waals surface area contributed by atoms with Crippen LogP contribution in [0.15, 0.2) is 59.1 Å². The highest BCUT2D eigenvalue weighted by molar-refractivity contribution is 5.53. The molecule has 0 aliphatic heterocycles. The van der Waals surface area contributed by atoms with Crippen LogP contribution >= 0.6 is 0 Å². The van der Waals surface area contributed by atoms with Crippen LogP contribution in [0.2, 0.25) is 0 Å². The van der Waals surface area contributed by atoms with Gasteiger partial charge in [-0.05, 0) is 35.0 Å². The van der Waals surface area contributed by atoms with E-state index in [1.165, 1.54) is 12.1 Å². The fraction of sp³-hybridized carbons (Fsp3) is 0.0667. The molecule has 0 saturated heterocycles. The van der Waals surface area contributed by atoms with Crippen molar-refractivity contribution < 1.29 is 8.91 Å². The van der Waals surface area contributed by atoms with Crippen LogP contribution in [0.5, 0.6) is 0 Å². The van der Waals surface area contributed by atoms with E-state index in [9.17, 15) is 4.39 Å². The monoisotopic (exact) mass is 269 g/mol. The molecule has 1 aromatic heterocycles. The summed E-state index contributed by atoms with van der Waals surface area (Å²) >= 11 is 0. The first-order valence-corrected chi connectivity index (χ1v) is 6.19. The molecule has 20 heavy (non-hydrogen) atoms. The fourth-order valence-electron chi connectivity index (χ4n) is 1.82. The molecule has 1 heterocycles. The quantitative estimate of drug-likeness (QED) is 0.787. The second kappa shape index (κ2) is 5.52. The van der Waals surface area contributed by atoms with Crippen LogP contribution in [0.4, 0.5) is 10.3 Å². The Bertz CT molecular complexity index is 697. The van der Waals surface area contributed by atoms with E-state index in [1.54, 1.807) is 6.07 Å². The molecular formula is C15H12FN3O. The van der Waals surface area contributed by atoms with Gasteiger partial charge in [-0.3, -0.25) is 0 Å². The molecule has 0 saturated carbocycles. The van der Waals surface area contributed by atoms with E-state index in [1.807, 2.05) is 36.4 Å². The molecule has 100 valence electrons. The van der Waals surface area contributed by atoms with Crippen LogP contribution in [0.3, 0.4) is 0 Å². The highest BCUT2D eigenvalue weighted by Crippen LogP contribution is 2.18. The summed E-state index contributed by atoms with van der Waals surface area (Å²) in [6.45, 7) is 0.436. The maximum atomic E-state index is 13.0. The SMILES string of the molecule is Fc1cccc(CNc2noc(-c3ccccc3)n2)c1. The molecule has 5 heteroatoms. The maximum absolute atomic E-state index is 13.0. The Labute approximate surface area is 115 Å². The molecule has 0 atom stereocenters. The number of anilines is 1. The minimum absolute atomic E-state index is 0.262. The van der Waals surface area contributed by atoms with E-state index in [0.717, 1.165) is 11.1 Å². The number of halogens is 1. The van der Waals surface area contributed by atoms with Gasteiger partial charge in [0, 0.05) is 12.1 Å². The molecule has 0 aliphatic carbocycles. The van der Waals surface area contributed by atoms with Crippen molar-refractivity contribution in [2.45, 2.75) is 6.54 Å². The van der Waals surface area contributed by atoms with Gasteiger partial charge in [0.1, 0.15) is 5.82 Å². The van der Waals surface area contributed by atoms with E-state index in [2.05, 4.69) is 15.5 Å². The molecule has 1 N–H and O–H groups in total. The Balaban J connectivity index is 1.69. The van der Waals surface area contributed by atoms with E-state index in [0.29, 0.717) is 18.4 Å². The van der Waals surface area contributed by atoms with E-state index in [-0.39, 0.29) is 5.82 Å². The molecule has 0 aliphatic rings. The average Bonchev–Trinajstić information content (AvgIpc) is 2.95. The number of aromatic nitrogens is 2. The third kappa shape index (κ3) is 2.83. The third-order valence-corrected chi connectivity index (χ3v) is 2.79. The second-order valence-corrected chi connectivity index (χ2v) is 4.27. The Hall–Kier alpha value is -2.69. The van der Waals surface area contributed by atoms with Gasteiger partial charge in [-0.1, -0.05) is 30.3 Å². The van der Waals surface area contributed by atoms with Gasteiger partial charge in [-0.2, -0.15) is 4.98 Å². The molecule has 0 bridgehead atoms. The van der Waals surface area contributed by atoms with Crippen molar-refractivity contribution in [2.75, 3.05) is 5.32 Å². The van der Waals surface area contributed by atoms with Gasteiger partial charge in [0.05, 0.1) is 0 Å². The lowest BCUT2D eigenvalue weighted by Crippen LogP contribution is -2.01. The zero-order valence-corrected chi connectivity index (χ0v) is 10.6. The molecule has 0 spiro atoms. The summed E-state index contributed by atoms with van der Waals surface area (Å²) < 4.78 is 18.2. The van der Waals surface area contributed by atoms with Gasteiger partial charge in [0.15, 0.2) is 0 Å². The summed E-state index contributed by atoms with van der Waals surface area (Å²) in [6.07, 6.45) is 0. The molecule has 0 radical (unpaired) electrons. The summed E-state index contributed by atoms with van der Waals surface area (Å²) in [5, 5.41) is 6.83. The maximum Gasteiger partial charge on any atom is 0.264 e. The largest absolute Gasteiger partial charge is 0.347 e. The number of nitrogens with one attached hydrogen (secondary N) is 1. The normalized spacial score (nSPS) is 10.4. The Morgan fingerprint density at radius 1 is 1.05 bits per heavy atom. The van der Waals surface area contributed by atoms with Crippen molar-refractivity contribution in [1.82, 2.24) is 10.1 Å². The van der Waals surface area contributed by atoms with E-state index in [4.69, 9.17) is 4.52 Å². The predicted molar refractivity (Wildman–Crippen MR) is 73.5 cm³/mol. The van der Waals surface area contributed by atoms with Gasteiger partial charge >= 0.3 is 0 Å². The summed E-state index contributed by atoms with van der Waals surface area (Å²) in [4.78, 5) is 4.24. The minimum Gasteiger partial charge on any atom is -0.347 e. The molecular weight excluding hydrogens is 257 g/mol. The highest BCUT2D eigenvalue weighted by atomic mass is 19.1.